The summed E-state index contributed by atoms with van der Waals surface area (Å²) < 4.78 is 6.16. The maximum absolute atomic E-state index is 10.3. The van der Waals surface area contributed by atoms with Crippen LogP contribution in [0.2, 0.25) is 0 Å². The first-order chi connectivity index (χ1) is 10.5. The van der Waals surface area contributed by atoms with Gasteiger partial charge in [-0.2, -0.15) is 0 Å². The molecule has 0 aliphatic heterocycles. The fourth-order valence-electron chi connectivity index (χ4n) is 2.67. The molecule has 0 atom stereocenters. The lowest BCUT2D eigenvalue weighted by Gasteiger charge is -2.25. The quantitative estimate of drug-likeness (QED) is 0.727. The van der Waals surface area contributed by atoms with Gasteiger partial charge in [-0.1, -0.05) is 59.7 Å². The van der Waals surface area contributed by atoms with Crippen molar-refractivity contribution in [3.63, 3.8) is 0 Å². The Labute approximate surface area is 140 Å². The van der Waals surface area contributed by atoms with Crippen molar-refractivity contribution in [3.8, 4) is 17.2 Å². The second-order valence-corrected chi connectivity index (χ2v) is 8.23. The van der Waals surface area contributed by atoms with Gasteiger partial charge < -0.3 is 9.84 Å². The molecular formula is C21H28O2. The monoisotopic (exact) mass is 312 g/mol. The van der Waals surface area contributed by atoms with Crippen LogP contribution in [0.1, 0.15) is 58.2 Å². The van der Waals surface area contributed by atoms with Crippen molar-refractivity contribution in [2.24, 2.45) is 0 Å². The van der Waals surface area contributed by atoms with E-state index in [-0.39, 0.29) is 16.6 Å². The van der Waals surface area contributed by atoms with E-state index in [1.165, 1.54) is 5.56 Å². The summed E-state index contributed by atoms with van der Waals surface area (Å²) >= 11 is 0. The van der Waals surface area contributed by atoms with Gasteiger partial charge in [0.2, 0.25) is 0 Å². The van der Waals surface area contributed by atoms with Crippen LogP contribution in [0.5, 0.6) is 17.2 Å². The summed E-state index contributed by atoms with van der Waals surface area (Å²) in [5.41, 5.74) is 3.06. The molecule has 124 valence electrons. The van der Waals surface area contributed by atoms with Crippen LogP contribution in [0.3, 0.4) is 0 Å². The van der Waals surface area contributed by atoms with Crippen molar-refractivity contribution in [1.82, 2.24) is 0 Å². The predicted octanol–water partition coefficient (Wildman–Crippen LogP) is 6.09. The summed E-state index contributed by atoms with van der Waals surface area (Å²) in [6.07, 6.45) is 0. The highest BCUT2D eigenvalue weighted by Gasteiger charge is 2.25. The molecule has 2 rings (SSSR count). The Kier molecular flexibility index (Phi) is 4.48. The summed E-state index contributed by atoms with van der Waals surface area (Å²) in [6.45, 7) is 14.8. The second-order valence-electron chi connectivity index (χ2n) is 8.23. The fraction of sp³-hybridized carbons (Fsp3) is 0.429. The van der Waals surface area contributed by atoms with Crippen LogP contribution in [0.4, 0.5) is 0 Å². The topological polar surface area (TPSA) is 29.5 Å². The maximum Gasteiger partial charge on any atom is 0.137 e. The van der Waals surface area contributed by atoms with Gasteiger partial charge in [0.05, 0.1) is 0 Å². The van der Waals surface area contributed by atoms with Gasteiger partial charge in [-0.25, -0.2) is 0 Å². The van der Waals surface area contributed by atoms with Crippen LogP contribution in [0, 0.1) is 6.92 Å². The average molecular weight is 312 g/mol. The van der Waals surface area contributed by atoms with Gasteiger partial charge in [-0.15, -0.1) is 0 Å². The summed E-state index contributed by atoms with van der Waals surface area (Å²) in [5.74, 6) is 1.82. The normalized spacial score (nSPS) is 12.3. The number of aromatic hydroxyl groups is 1. The molecule has 0 bridgehead atoms. The molecule has 0 amide bonds. The van der Waals surface area contributed by atoms with Crippen LogP contribution in [0.15, 0.2) is 36.4 Å². The lowest BCUT2D eigenvalue weighted by molar-refractivity contribution is 0.413. The van der Waals surface area contributed by atoms with E-state index in [4.69, 9.17) is 4.74 Å². The van der Waals surface area contributed by atoms with Crippen molar-refractivity contribution in [2.45, 2.75) is 59.3 Å². The zero-order valence-corrected chi connectivity index (χ0v) is 15.3. The summed E-state index contributed by atoms with van der Waals surface area (Å²) in [6, 6.07) is 11.8. The van der Waals surface area contributed by atoms with Gasteiger partial charge in [0.15, 0.2) is 0 Å². The number of rotatable bonds is 2. The highest BCUT2D eigenvalue weighted by atomic mass is 16.5. The largest absolute Gasteiger partial charge is 0.508 e. The Morgan fingerprint density at radius 1 is 0.783 bits per heavy atom. The van der Waals surface area contributed by atoms with Gasteiger partial charge in [0, 0.05) is 5.56 Å². The van der Waals surface area contributed by atoms with Crippen LogP contribution in [-0.4, -0.2) is 5.11 Å². The minimum atomic E-state index is -0.198. The molecular weight excluding hydrogens is 284 g/mol. The predicted molar refractivity (Wildman–Crippen MR) is 96.8 cm³/mol. The third-order valence-electron chi connectivity index (χ3n) is 4.02. The number of benzene rings is 2. The van der Waals surface area contributed by atoms with E-state index >= 15 is 0 Å². The van der Waals surface area contributed by atoms with Gasteiger partial charge in [-0.3, -0.25) is 0 Å². The molecule has 1 N–H and O–H groups in total. The minimum absolute atomic E-state index is 0.121. The molecule has 0 saturated heterocycles. The lowest BCUT2D eigenvalue weighted by Crippen LogP contribution is -2.14. The third-order valence-corrected chi connectivity index (χ3v) is 4.02. The molecule has 23 heavy (non-hydrogen) atoms. The first kappa shape index (κ1) is 17.4. The Balaban J connectivity index is 2.43. The van der Waals surface area contributed by atoms with E-state index in [0.717, 1.165) is 22.6 Å². The summed E-state index contributed by atoms with van der Waals surface area (Å²) in [7, 11) is 0. The van der Waals surface area contributed by atoms with Gasteiger partial charge in [-0.05, 0) is 47.1 Å². The third kappa shape index (κ3) is 3.87. The number of aryl methyl sites for hydroxylation is 1. The van der Waals surface area contributed by atoms with Gasteiger partial charge >= 0.3 is 0 Å². The molecule has 2 nitrogen and oxygen atoms in total. The van der Waals surface area contributed by atoms with Crippen molar-refractivity contribution in [3.05, 3.63) is 53.1 Å². The standard InChI is InChI=1S/C21H28O2/c1-14-8-13-17(22)18(21(5,6)7)19(14)23-16-11-9-15(10-12-16)20(2,3)4/h8-13,22H,1-7H3. The Bertz CT molecular complexity index is 684. The zero-order chi connectivity index (χ0) is 17.4. The molecule has 0 fully saturated rings. The van der Waals surface area contributed by atoms with E-state index in [0.29, 0.717) is 0 Å². The van der Waals surface area contributed by atoms with Crippen molar-refractivity contribution < 1.29 is 9.84 Å². The van der Waals surface area contributed by atoms with Crippen LogP contribution < -0.4 is 4.74 Å². The lowest BCUT2D eigenvalue weighted by atomic mass is 9.84. The average Bonchev–Trinajstić information content (AvgIpc) is 2.41. The van der Waals surface area contributed by atoms with E-state index in [1.807, 2.05) is 25.1 Å². The van der Waals surface area contributed by atoms with Crippen molar-refractivity contribution in [2.75, 3.05) is 0 Å². The number of hydrogen-bond acceptors (Lipinski definition) is 2. The Morgan fingerprint density at radius 3 is 1.83 bits per heavy atom. The van der Waals surface area contributed by atoms with E-state index < -0.39 is 0 Å². The first-order valence-electron chi connectivity index (χ1n) is 8.11. The second kappa shape index (κ2) is 5.92. The van der Waals surface area contributed by atoms with Gasteiger partial charge in [0.1, 0.15) is 17.2 Å². The van der Waals surface area contributed by atoms with E-state index in [9.17, 15) is 5.11 Å². The first-order valence-corrected chi connectivity index (χ1v) is 8.11. The molecule has 0 saturated carbocycles. The van der Waals surface area contributed by atoms with Gasteiger partial charge in [0.25, 0.3) is 0 Å². The summed E-state index contributed by atoms with van der Waals surface area (Å²) in [5, 5.41) is 10.3. The minimum Gasteiger partial charge on any atom is -0.508 e. The number of phenols is 1. The van der Waals surface area contributed by atoms with Crippen LogP contribution in [-0.2, 0) is 10.8 Å². The molecule has 0 radical (unpaired) electrons. The number of phenolic OH excluding ortho intramolecular Hbond substituents is 1. The molecule has 2 aromatic carbocycles. The van der Waals surface area contributed by atoms with Crippen molar-refractivity contribution in [1.29, 1.82) is 0 Å². The molecule has 2 heteroatoms. The number of hydrogen-bond donors (Lipinski definition) is 1. The highest BCUT2D eigenvalue weighted by molar-refractivity contribution is 5.54. The van der Waals surface area contributed by atoms with E-state index in [2.05, 4.69) is 53.7 Å². The highest BCUT2D eigenvalue weighted by Crippen LogP contribution is 2.42. The molecule has 0 heterocycles. The van der Waals surface area contributed by atoms with Crippen LogP contribution in [0.25, 0.3) is 0 Å². The summed E-state index contributed by atoms with van der Waals surface area (Å²) in [4.78, 5) is 0. The SMILES string of the molecule is Cc1ccc(O)c(C(C)(C)C)c1Oc1ccc(C(C)(C)C)cc1. The molecule has 0 aliphatic rings. The molecule has 0 aliphatic carbocycles. The molecule has 0 spiro atoms. The number of ether oxygens (including phenoxy) is 1. The molecule has 0 unspecified atom stereocenters. The van der Waals surface area contributed by atoms with Crippen LogP contribution >= 0.6 is 0 Å². The molecule has 2 aromatic rings. The van der Waals surface area contributed by atoms with E-state index in [1.54, 1.807) is 6.07 Å². The smallest absolute Gasteiger partial charge is 0.137 e. The Morgan fingerprint density at radius 2 is 1.35 bits per heavy atom. The Hall–Kier alpha value is -1.96. The molecule has 0 aromatic heterocycles. The fourth-order valence-corrected chi connectivity index (χ4v) is 2.67. The maximum atomic E-state index is 10.3. The van der Waals surface area contributed by atoms with Crippen molar-refractivity contribution >= 4 is 0 Å². The zero-order valence-electron chi connectivity index (χ0n) is 15.3.